The van der Waals surface area contributed by atoms with E-state index in [0.717, 1.165) is 5.56 Å². The van der Waals surface area contributed by atoms with Gasteiger partial charge >= 0.3 is 12.1 Å². The fourth-order valence-electron chi connectivity index (χ4n) is 2.85. The van der Waals surface area contributed by atoms with Gasteiger partial charge in [-0.1, -0.05) is 58.0 Å². The Hall–Kier alpha value is -2.61. The molecule has 2 amide bonds. The summed E-state index contributed by atoms with van der Waals surface area (Å²) in [6.45, 7) is 6.95. The smallest absolute Gasteiger partial charge is 0.408 e. The van der Waals surface area contributed by atoms with Crippen molar-refractivity contribution in [3.8, 4) is 0 Å². The van der Waals surface area contributed by atoms with Crippen LogP contribution in [-0.4, -0.2) is 47.9 Å². The van der Waals surface area contributed by atoms with E-state index >= 15 is 0 Å². The van der Waals surface area contributed by atoms with E-state index in [1.54, 1.807) is 39.8 Å². The van der Waals surface area contributed by atoms with Crippen LogP contribution >= 0.6 is 0 Å². The van der Waals surface area contributed by atoms with E-state index in [-0.39, 0.29) is 25.4 Å². The second-order valence-electron chi connectivity index (χ2n) is 7.20. The molecule has 0 aliphatic rings. The van der Waals surface area contributed by atoms with Crippen LogP contribution in [0.25, 0.3) is 0 Å². The number of carbonyl (C=O) groups is 3. The van der Waals surface area contributed by atoms with Gasteiger partial charge in [-0.15, -0.1) is 0 Å². The van der Waals surface area contributed by atoms with Gasteiger partial charge in [0.25, 0.3) is 0 Å². The van der Waals surface area contributed by atoms with Crippen LogP contribution in [0.2, 0.25) is 0 Å². The van der Waals surface area contributed by atoms with E-state index < -0.39 is 35.7 Å². The van der Waals surface area contributed by atoms with Gasteiger partial charge in [-0.3, -0.25) is 4.79 Å². The number of hydrogen-bond acceptors (Lipinski definition) is 6. The SMILES string of the molecule is CCC(O)(CC)[C@H](NC(=O)OCc1ccccc1)C(=O)N[C@H](C(=O)OC)C(C)C. The summed E-state index contributed by atoms with van der Waals surface area (Å²) in [6, 6.07) is 6.88. The van der Waals surface area contributed by atoms with Crippen molar-refractivity contribution in [2.75, 3.05) is 7.11 Å². The lowest BCUT2D eigenvalue weighted by Gasteiger charge is -2.35. The minimum atomic E-state index is -1.51. The predicted molar refractivity (Wildman–Crippen MR) is 108 cm³/mol. The monoisotopic (exact) mass is 408 g/mol. The van der Waals surface area contributed by atoms with E-state index in [0.29, 0.717) is 0 Å². The lowest BCUT2D eigenvalue weighted by atomic mass is 9.87. The molecule has 0 aliphatic heterocycles. The number of aliphatic hydroxyl groups is 1. The van der Waals surface area contributed by atoms with Crippen LogP contribution in [0.4, 0.5) is 4.79 Å². The van der Waals surface area contributed by atoms with Crippen LogP contribution in [0, 0.1) is 5.92 Å². The molecule has 0 aliphatic carbocycles. The minimum absolute atomic E-state index is 0.0223. The summed E-state index contributed by atoms with van der Waals surface area (Å²) < 4.78 is 9.91. The second kappa shape index (κ2) is 11.4. The summed E-state index contributed by atoms with van der Waals surface area (Å²) in [6.07, 6.45) is -0.413. The van der Waals surface area contributed by atoms with E-state index in [9.17, 15) is 19.5 Å². The second-order valence-corrected chi connectivity index (χ2v) is 7.20. The Balaban J connectivity index is 2.94. The molecule has 2 atom stereocenters. The molecule has 162 valence electrons. The number of amides is 2. The molecule has 3 N–H and O–H groups in total. The fraction of sp³-hybridized carbons (Fsp3) is 0.571. The zero-order chi connectivity index (χ0) is 22.0. The maximum atomic E-state index is 12.9. The summed E-state index contributed by atoms with van der Waals surface area (Å²) in [7, 11) is 1.23. The average molecular weight is 408 g/mol. The average Bonchev–Trinajstić information content (AvgIpc) is 2.73. The lowest BCUT2D eigenvalue weighted by molar-refractivity contribution is -0.147. The van der Waals surface area contributed by atoms with Gasteiger partial charge in [0.05, 0.1) is 12.7 Å². The van der Waals surface area contributed by atoms with Gasteiger partial charge in [0, 0.05) is 0 Å². The number of carbonyl (C=O) groups excluding carboxylic acids is 3. The normalized spacial score (nSPS) is 13.3. The number of ether oxygens (including phenoxy) is 2. The first kappa shape index (κ1) is 24.4. The van der Waals surface area contributed by atoms with Crippen molar-refractivity contribution in [3.63, 3.8) is 0 Å². The molecule has 0 saturated heterocycles. The Kier molecular flexibility index (Phi) is 9.61. The van der Waals surface area contributed by atoms with E-state index in [4.69, 9.17) is 9.47 Å². The number of methoxy groups -OCH3 is 1. The molecule has 1 aromatic rings. The predicted octanol–water partition coefficient (Wildman–Crippen LogP) is 2.15. The largest absolute Gasteiger partial charge is 0.467 e. The van der Waals surface area contributed by atoms with Crippen LogP contribution in [-0.2, 0) is 25.7 Å². The molecule has 0 saturated carbocycles. The molecular weight excluding hydrogens is 376 g/mol. The van der Waals surface area contributed by atoms with E-state index in [1.807, 2.05) is 18.2 Å². The van der Waals surface area contributed by atoms with Crippen LogP contribution < -0.4 is 10.6 Å². The van der Waals surface area contributed by atoms with Crippen molar-refractivity contribution in [1.82, 2.24) is 10.6 Å². The number of rotatable bonds is 10. The zero-order valence-electron chi connectivity index (χ0n) is 17.7. The molecule has 0 unspecified atom stereocenters. The van der Waals surface area contributed by atoms with Crippen LogP contribution in [0.5, 0.6) is 0 Å². The molecule has 1 rings (SSSR count). The first-order valence-corrected chi connectivity index (χ1v) is 9.76. The fourth-order valence-corrected chi connectivity index (χ4v) is 2.85. The Bertz CT molecular complexity index is 673. The number of hydrogen-bond donors (Lipinski definition) is 3. The Morgan fingerprint density at radius 1 is 1.07 bits per heavy atom. The standard InChI is InChI=1S/C21H32N2O6/c1-6-21(27,7-2)17(18(24)22-16(14(3)4)19(25)28-5)23-20(26)29-13-15-11-9-8-10-12-15/h8-12,14,16-17,27H,6-7,13H2,1-5H3,(H,22,24)(H,23,26)/t16-,17+/m0/s1. The number of alkyl carbamates (subject to hydrolysis) is 1. The van der Waals surface area contributed by atoms with Crippen LogP contribution in [0.3, 0.4) is 0 Å². The molecule has 0 fully saturated rings. The third kappa shape index (κ3) is 7.05. The highest BCUT2D eigenvalue weighted by atomic mass is 16.5. The van der Waals surface area contributed by atoms with Gasteiger partial charge in [0.1, 0.15) is 18.7 Å². The molecule has 8 nitrogen and oxygen atoms in total. The summed E-state index contributed by atoms with van der Waals surface area (Å²) in [4.78, 5) is 37.2. The summed E-state index contributed by atoms with van der Waals surface area (Å²) >= 11 is 0. The minimum Gasteiger partial charge on any atom is -0.467 e. The lowest BCUT2D eigenvalue weighted by Crippen LogP contribution is -2.62. The molecule has 1 aromatic carbocycles. The Morgan fingerprint density at radius 2 is 1.66 bits per heavy atom. The number of benzene rings is 1. The third-order valence-electron chi connectivity index (χ3n) is 4.92. The van der Waals surface area contributed by atoms with Crippen molar-refractivity contribution in [2.45, 2.75) is 64.8 Å². The molecule has 0 aromatic heterocycles. The van der Waals surface area contributed by atoms with Gasteiger partial charge in [-0.05, 0) is 24.3 Å². The van der Waals surface area contributed by atoms with E-state index in [1.165, 1.54) is 7.11 Å². The summed E-state index contributed by atoms with van der Waals surface area (Å²) in [5, 5.41) is 15.9. The number of nitrogens with one attached hydrogen (secondary N) is 2. The van der Waals surface area contributed by atoms with Crippen molar-refractivity contribution >= 4 is 18.0 Å². The third-order valence-corrected chi connectivity index (χ3v) is 4.92. The van der Waals surface area contributed by atoms with Crippen molar-refractivity contribution in [3.05, 3.63) is 35.9 Å². The Morgan fingerprint density at radius 3 is 2.14 bits per heavy atom. The van der Waals surface area contributed by atoms with Gasteiger partial charge in [0.15, 0.2) is 0 Å². The first-order valence-electron chi connectivity index (χ1n) is 9.76. The highest BCUT2D eigenvalue weighted by molar-refractivity contribution is 5.90. The quantitative estimate of drug-likeness (QED) is 0.511. The highest BCUT2D eigenvalue weighted by Crippen LogP contribution is 2.21. The molecule has 0 spiro atoms. The van der Waals surface area contributed by atoms with Crippen molar-refractivity contribution in [1.29, 1.82) is 0 Å². The molecular formula is C21H32N2O6. The maximum Gasteiger partial charge on any atom is 0.408 e. The van der Waals surface area contributed by atoms with Gasteiger partial charge in [-0.2, -0.15) is 0 Å². The molecule has 0 heterocycles. The Labute approximate surface area is 172 Å². The zero-order valence-corrected chi connectivity index (χ0v) is 17.7. The number of esters is 1. The van der Waals surface area contributed by atoms with Crippen molar-refractivity contribution < 1.29 is 29.0 Å². The maximum absolute atomic E-state index is 12.9. The van der Waals surface area contributed by atoms with Crippen molar-refractivity contribution in [2.24, 2.45) is 5.92 Å². The van der Waals surface area contributed by atoms with Gasteiger partial charge < -0.3 is 25.2 Å². The first-order chi connectivity index (χ1) is 13.7. The molecule has 0 bridgehead atoms. The van der Waals surface area contributed by atoms with Gasteiger partial charge in [0.2, 0.25) is 5.91 Å². The van der Waals surface area contributed by atoms with Crippen LogP contribution in [0.1, 0.15) is 46.1 Å². The van der Waals surface area contributed by atoms with Gasteiger partial charge in [-0.25, -0.2) is 9.59 Å². The summed E-state index contributed by atoms with van der Waals surface area (Å²) in [5.41, 5.74) is -0.719. The summed E-state index contributed by atoms with van der Waals surface area (Å²) in [5.74, 6) is -1.53. The molecule has 29 heavy (non-hydrogen) atoms. The van der Waals surface area contributed by atoms with E-state index in [2.05, 4.69) is 10.6 Å². The topological polar surface area (TPSA) is 114 Å². The van der Waals surface area contributed by atoms with Crippen LogP contribution in [0.15, 0.2) is 30.3 Å². The highest BCUT2D eigenvalue weighted by Gasteiger charge is 2.42. The molecule has 0 radical (unpaired) electrons. The molecule has 8 heteroatoms.